The number of benzene rings is 1. The topological polar surface area (TPSA) is 87.3 Å². The lowest BCUT2D eigenvalue weighted by molar-refractivity contribution is -0.117. The lowest BCUT2D eigenvalue weighted by atomic mass is 10.2. The molecule has 1 heterocycles. The van der Waals surface area contributed by atoms with Crippen LogP contribution >= 0.6 is 11.8 Å². The summed E-state index contributed by atoms with van der Waals surface area (Å²) in [6, 6.07) is 6.45. The Morgan fingerprint density at radius 1 is 1.33 bits per heavy atom. The Labute approximate surface area is 129 Å². The molecule has 0 aliphatic carbocycles. The van der Waals surface area contributed by atoms with Gasteiger partial charge >= 0.3 is 0 Å². The molecule has 1 aromatic carbocycles. The fraction of sp³-hybridized carbons (Fsp3) is 0.462. The van der Waals surface area contributed by atoms with Crippen molar-refractivity contribution in [3.8, 4) is 0 Å². The van der Waals surface area contributed by atoms with Crippen molar-refractivity contribution in [2.24, 2.45) is 0 Å². The standard InChI is InChI=1S/C13H19N3O3S2/c1-2-21(18,19)16-11-5-3-10(4-6-11)15-13(17)12-9-20-8-7-14-12/h3-6,12,14,16H,2,7-9H2,1H3,(H,15,17). The minimum absolute atomic E-state index is 0.0243. The number of sulfonamides is 1. The van der Waals surface area contributed by atoms with Gasteiger partial charge < -0.3 is 10.6 Å². The van der Waals surface area contributed by atoms with Gasteiger partial charge in [-0.05, 0) is 31.2 Å². The largest absolute Gasteiger partial charge is 0.325 e. The van der Waals surface area contributed by atoms with Crippen LogP contribution in [-0.4, -0.2) is 44.2 Å². The summed E-state index contributed by atoms with van der Waals surface area (Å²) in [5.41, 5.74) is 1.14. The van der Waals surface area contributed by atoms with E-state index in [9.17, 15) is 13.2 Å². The molecule has 0 bridgehead atoms. The number of anilines is 2. The highest BCUT2D eigenvalue weighted by molar-refractivity contribution is 7.99. The molecule has 0 saturated carbocycles. The van der Waals surface area contributed by atoms with Crippen LogP contribution in [0.25, 0.3) is 0 Å². The third kappa shape index (κ3) is 4.90. The molecule has 0 radical (unpaired) electrons. The maximum absolute atomic E-state index is 12.0. The Morgan fingerprint density at radius 2 is 2.00 bits per heavy atom. The lowest BCUT2D eigenvalue weighted by Gasteiger charge is -2.22. The van der Waals surface area contributed by atoms with Crippen molar-refractivity contribution in [1.82, 2.24) is 5.32 Å². The van der Waals surface area contributed by atoms with Crippen molar-refractivity contribution in [3.05, 3.63) is 24.3 Å². The molecule has 21 heavy (non-hydrogen) atoms. The van der Waals surface area contributed by atoms with E-state index in [1.165, 1.54) is 0 Å². The SMILES string of the molecule is CCS(=O)(=O)Nc1ccc(NC(=O)C2CSCCN2)cc1. The zero-order valence-electron chi connectivity index (χ0n) is 11.8. The van der Waals surface area contributed by atoms with Crippen molar-refractivity contribution >= 4 is 39.1 Å². The number of hydrogen-bond donors (Lipinski definition) is 3. The molecule has 2 rings (SSSR count). The minimum Gasteiger partial charge on any atom is -0.325 e. The molecule has 1 aliphatic heterocycles. The highest BCUT2D eigenvalue weighted by Crippen LogP contribution is 2.16. The molecule has 0 spiro atoms. The number of nitrogens with one attached hydrogen (secondary N) is 3. The van der Waals surface area contributed by atoms with Gasteiger partial charge in [-0.3, -0.25) is 9.52 Å². The van der Waals surface area contributed by atoms with Crippen LogP contribution in [0.15, 0.2) is 24.3 Å². The van der Waals surface area contributed by atoms with Gasteiger partial charge in [0, 0.05) is 29.4 Å². The van der Waals surface area contributed by atoms with Gasteiger partial charge in [-0.15, -0.1) is 0 Å². The summed E-state index contributed by atoms with van der Waals surface area (Å²) in [6.45, 7) is 2.41. The first kappa shape index (κ1) is 16.1. The summed E-state index contributed by atoms with van der Waals surface area (Å²) in [6.07, 6.45) is 0. The summed E-state index contributed by atoms with van der Waals surface area (Å²) in [4.78, 5) is 12.0. The highest BCUT2D eigenvalue weighted by atomic mass is 32.2. The molecule has 1 atom stereocenters. The normalized spacial score (nSPS) is 19.0. The summed E-state index contributed by atoms with van der Waals surface area (Å²) in [7, 11) is -3.28. The maximum atomic E-state index is 12.0. The average Bonchev–Trinajstić information content (AvgIpc) is 2.50. The molecule has 1 aromatic rings. The first-order chi connectivity index (χ1) is 10.00. The first-order valence-corrected chi connectivity index (χ1v) is 9.53. The first-order valence-electron chi connectivity index (χ1n) is 6.73. The van der Waals surface area contributed by atoms with Crippen molar-refractivity contribution < 1.29 is 13.2 Å². The maximum Gasteiger partial charge on any atom is 0.242 e. The monoisotopic (exact) mass is 329 g/mol. The Balaban J connectivity index is 1.94. The lowest BCUT2D eigenvalue weighted by Crippen LogP contribution is -2.46. The van der Waals surface area contributed by atoms with E-state index in [2.05, 4.69) is 15.4 Å². The van der Waals surface area contributed by atoms with Gasteiger partial charge in [0.05, 0.1) is 11.8 Å². The second-order valence-electron chi connectivity index (χ2n) is 4.65. The van der Waals surface area contributed by atoms with E-state index in [1.807, 2.05) is 0 Å². The number of hydrogen-bond acceptors (Lipinski definition) is 5. The Kier molecular flexibility index (Phi) is 5.49. The molecule has 0 aromatic heterocycles. The van der Waals surface area contributed by atoms with Gasteiger partial charge in [-0.25, -0.2) is 8.42 Å². The summed E-state index contributed by atoms with van der Waals surface area (Å²) in [5, 5.41) is 5.99. The number of rotatable bonds is 5. The molecular weight excluding hydrogens is 310 g/mol. The number of carbonyl (C=O) groups is 1. The van der Waals surface area contributed by atoms with Crippen LogP contribution < -0.4 is 15.4 Å². The Bertz CT molecular complexity index is 581. The third-order valence-electron chi connectivity index (χ3n) is 3.04. The molecule has 6 nitrogen and oxygen atoms in total. The second-order valence-corrected chi connectivity index (χ2v) is 7.81. The van der Waals surface area contributed by atoms with E-state index in [0.29, 0.717) is 11.4 Å². The van der Waals surface area contributed by atoms with Gasteiger partial charge in [-0.1, -0.05) is 0 Å². The minimum atomic E-state index is -3.28. The number of carbonyl (C=O) groups excluding carboxylic acids is 1. The van der Waals surface area contributed by atoms with E-state index in [1.54, 1.807) is 43.0 Å². The number of amides is 1. The van der Waals surface area contributed by atoms with E-state index in [0.717, 1.165) is 18.1 Å². The zero-order chi connectivity index (χ0) is 15.3. The van der Waals surface area contributed by atoms with Crippen molar-refractivity contribution in [3.63, 3.8) is 0 Å². The van der Waals surface area contributed by atoms with E-state index >= 15 is 0 Å². The van der Waals surface area contributed by atoms with Crippen molar-refractivity contribution in [1.29, 1.82) is 0 Å². The van der Waals surface area contributed by atoms with Gasteiger partial charge in [0.2, 0.25) is 15.9 Å². The second kappa shape index (κ2) is 7.15. The molecule has 1 fully saturated rings. The van der Waals surface area contributed by atoms with Gasteiger partial charge in [0.15, 0.2) is 0 Å². The smallest absolute Gasteiger partial charge is 0.242 e. The fourth-order valence-electron chi connectivity index (χ4n) is 1.84. The fourth-order valence-corrected chi connectivity index (χ4v) is 3.41. The summed E-state index contributed by atoms with van der Waals surface area (Å²) < 4.78 is 25.3. The molecular formula is C13H19N3O3S2. The Hall–Kier alpha value is -1.25. The van der Waals surface area contributed by atoms with E-state index < -0.39 is 10.0 Å². The molecule has 3 N–H and O–H groups in total. The number of thioether (sulfide) groups is 1. The zero-order valence-corrected chi connectivity index (χ0v) is 13.4. The molecule has 116 valence electrons. The van der Waals surface area contributed by atoms with Crippen molar-refractivity contribution in [2.45, 2.75) is 13.0 Å². The summed E-state index contributed by atoms with van der Waals surface area (Å²) in [5.74, 6) is 1.75. The predicted molar refractivity (Wildman–Crippen MR) is 87.3 cm³/mol. The van der Waals surface area contributed by atoms with Gasteiger partial charge in [0.1, 0.15) is 0 Å². The van der Waals surface area contributed by atoms with E-state index in [4.69, 9.17) is 0 Å². The van der Waals surface area contributed by atoms with Crippen LogP contribution in [0.4, 0.5) is 11.4 Å². The quantitative estimate of drug-likeness (QED) is 0.753. The predicted octanol–water partition coefficient (Wildman–Crippen LogP) is 1.09. The van der Waals surface area contributed by atoms with Gasteiger partial charge in [-0.2, -0.15) is 11.8 Å². The van der Waals surface area contributed by atoms with Crippen LogP contribution in [0.1, 0.15) is 6.92 Å². The van der Waals surface area contributed by atoms with Crippen LogP contribution in [0, 0.1) is 0 Å². The van der Waals surface area contributed by atoms with Crippen LogP contribution in [-0.2, 0) is 14.8 Å². The van der Waals surface area contributed by atoms with E-state index in [-0.39, 0.29) is 17.7 Å². The average molecular weight is 329 g/mol. The van der Waals surface area contributed by atoms with Gasteiger partial charge in [0.25, 0.3) is 0 Å². The van der Waals surface area contributed by atoms with Crippen LogP contribution in [0.5, 0.6) is 0 Å². The van der Waals surface area contributed by atoms with Crippen molar-refractivity contribution in [2.75, 3.05) is 33.8 Å². The molecule has 8 heteroatoms. The third-order valence-corrected chi connectivity index (χ3v) is 5.41. The highest BCUT2D eigenvalue weighted by Gasteiger charge is 2.20. The molecule has 1 unspecified atom stereocenters. The summed E-state index contributed by atoms with van der Waals surface area (Å²) >= 11 is 1.75. The van der Waals surface area contributed by atoms with Crippen LogP contribution in [0.2, 0.25) is 0 Å². The Morgan fingerprint density at radius 3 is 2.57 bits per heavy atom. The molecule has 1 saturated heterocycles. The molecule has 1 amide bonds. The molecule has 1 aliphatic rings. The van der Waals surface area contributed by atoms with Crippen LogP contribution in [0.3, 0.4) is 0 Å².